The summed E-state index contributed by atoms with van der Waals surface area (Å²) in [5.41, 5.74) is 13.7. The minimum Gasteiger partial charge on any atom is -0.478 e. The third kappa shape index (κ3) is 5.69. The number of rotatable bonds is 8. The fourth-order valence-corrected chi connectivity index (χ4v) is 8.03. The van der Waals surface area contributed by atoms with Gasteiger partial charge >= 0.3 is 5.97 Å². The predicted octanol–water partition coefficient (Wildman–Crippen LogP) is 13.5. The Morgan fingerprint density at radius 3 is 1.50 bits per heavy atom. The van der Waals surface area contributed by atoms with Crippen LogP contribution in [-0.4, -0.2) is 11.1 Å². The fourth-order valence-electron chi connectivity index (χ4n) is 8.03. The van der Waals surface area contributed by atoms with Crippen molar-refractivity contribution in [3.05, 3.63) is 205 Å². The van der Waals surface area contributed by atoms with Crippen molar-refractivity contribution in [3.63, 3.8) is 0 Å². The largest absolute Gasteiger partial charge is 0.478 e. The number of nitrogens with zero attached hydrogens (tertiary/aromatic N) is 2. The second-order valence-corrected chi connectivity index (χ2v) is 14.4. The molecule has 4 nitrogen and oxygen atoms in total. The Hall–Kier alpha value is -6.91. The lowest BCUT2D eigenvalue weighted by molar-refractivity contribution is 0.0697. The summed E-state index contributed by atoms with van der Waals surface area (Å²) in [6, 6.07) is 65.6. The summed E-state index contributed by atoms with van der Waals surface area (Å²) in [6.07, 6.45) is 0. The third-order valence-electron chi connectivity index (χ3n) is 10.8. The highest BCUT2D eigenvalue weighted by atomic mass is 16.4. The van der Waals surface area contributed by atoms with Crippen molar-refractivity contribution < 1.29 is 9.90 Å². The van der Waals surface area contributed by atoms with E-state index in [0.717, 1.165) is 45.3 Å². The maximum atomic E-state index is 11.4. The van der Waals surface area contributed by atoms with Crippen LogP contribution in [0.25, 0.3) is 33.0 Å². The van der Waals surface area contributed by atoms with Crippen LogP contribution < -0.4 is 9.80 Å². The molecule has 260 valence electrons. The smallest absolute Gasteiger partial charge is 0.335 e. The van der Waals surface area contributed by atoms with Crippen LogP contribution in [0.4, 0.5) is 34.1 Å². The molecule has 0 spiro atoms. The van der Waals surface area contributed by atoms with Crippen molar-refractivity contribution in [1.82, 2.24) is 0 Å². The topological polar surface area (TPSA) is 43.8 Å². The van der Waals surface area contributed by atoms with Crippen LogP contribution in [0.5, 0.6) is 0 Å². The van der Waals surface area contributed by atoms with Gasteiger partial charge in [0.05, 0.1) is 11.3 Å². The number of hydrogen-bond acceptors (Lipinski definition) is 3. The Bertz CT molecular complexity index is 2600. The van der Waals surface area contributed by atoms with Crippen LogP contribution in [-0.2, 0) is 5.41 Å². The molecule has 0 amide bonds. The van der Waals surface area contributed by atoms with Crippen LogP contribution in [0.15, 0.2) is 188 Å². The SMILES string of the molecule is CC1(C)c2cc(N(c3ccccc3)c3ccccc3)ccc2-c2ccc(N(c3ccc(-c4ccc(C(=O)O)cc4)cc3)c3cccc4ccccc34)cc21. The summed E-state index contributed by atoms with van der Waals surface area (Å²) < 4.78 is 0. The minimum atomic E-state index is -0.926. The number of carboxylic acids is 1. The van der Waals surface area contributed by atoms with E-state index in [9.17, 15) is 9.90 Å². The monoisotopic (exact) mass is 698 g/mol. The molecular weight excluding hydrogens is 661 g/mol. The first-order chi connectivity index (χ1) is 26.4. The maximum Gasteiger partial charge on any atom is 0.335 e. The molecule has 0 heterocycles. The lowest BCUT2D eigenvalue weighted by Gasteiger charge is -2.29. The first-order valence-corrected chi connectivity index (χ1v) is 18.3. The average Bonchev–Trinajstić information content (AvgIpc) is 3.44. The standard InChI is InChI=1S/C50H38N2O2/c1-50(2)46-32-41(51(38-14-5-3-6-15-38)39-16-7-4-8-17-39)28-30-44(46)45-31-29-42(33-47(45)50)52(48-19-11-13-36-12-9-10-18-43(36)48)40-26-24-35(25-27-40)34-20-22-37(23-21-34)49(53)54/h3-33H,1-2H3,(H,53,54). The van der Waals surface area contributed by atoms with E-state index in [4.69, 9.17) is 0 Å². The summed E-state index contributed by atoms with van der Waals surface area (Å²) in [7, 11) is 0. The lowest BCUT2D eigenvalue weighted by atomic mass is 9.82. The van der Waals surface area contributed by atoms with Crippen molar-refractivity contribution in [3.8, 4) is 22.3 Å². The molecule has 0 saturated carbocycles. The number of carbonyl (C=O) groups is 1. The van der Waals surface area contributed by atoms with Crippen LogP contribution in [0, 0.1) is 0 Å². The number of carboxylic acid groups (broad SMARTS) is 1. The van der Waals surface area contributed by atoms with Crippen molar-refractivity contribution >= 4 is 50.9 Å². The van der Waals surface area contributed by atoms with Crippen molar-refractivity contribution in [2.24, 2.45) is 0 Å². The van der Waals surface area contributed by atoms with Crippen molar-refractivity contribution in [1.29, 1.82) is 0 Å². The van der Waals surface area contributed by atoms with Gasteiger partial charge in [0.2, 0.25) is 0 Å². The van der Waals surface area contributed by atoms with Crippen molar-refractivity contribution in [2.45, 2.75) is 19.3 Å². The number of fused-ring (bicyclic) bond motifs is 4. The molecule has 0 fully saturated rings. The Balaban J connectivity index is 1.14. The molecule has 0 aromatic heterocycles. The number of anilines is 6. The molecule has 0 saturated heterocycles. The molecule has 54 heavy (non-hydrogen) atoms. The van der Waals surface area contributed by atoms with E-state index in [0.29, 0.717) is 0 Å². The Labute approximate surface area is 315 Å². The maximum absolute atomic E-state index is 11.4. The molecule has 8 aromatic carbocycles. The molecule has 1 N–H and O–H groups in total. The van der Waals surface area contributed by atoms with Gasteiger partial charge in [-0.1, -0.05) is 123 Å². The summed E-state index contributed by atoms with van der Waals surface area (Å²) in [5.74, 6) is -0.926. The zero-order valence-electron chi connectivity index (χ0n) is 30.1. The van der Waals surface area contributed by atoms with Gasteiger partial charge in [0.25, 0.3) is 0 Å². The van der Waals surface area contributed by atoms with E-state index < -0.39 is 5.97 Å². The molecule has 8 aromatic rings. The molecule has 1 aliphatic carbocycles. The molecule has 1 aliphatic rings. The number of para-hydroxylation sites is 2. The highest BCUT2D eigenvalue weighted by Gasteiger charge is 2.37. The van der Waals surface area contributed by atoms with E-state index in [-0.39, 0.29) is 11.0 Å². The van der Waals surface area contributed by atoms with Crippen molar-refractivity contribution in [2.75, 3.05) is 9.80 Å². The van der Waals surface area contributed by atoms with Crippen LogP contribution in [0.2, 0.25) is 0 Å². The van der Waals surface area contributed by atoms with E-state index in [2.05, 4.69) is 187 Å². The summed E-state index contributed by atoms with van der Waals surface area (Å²) in [5, 5.41) is 11.7. The number of hydrogen-bond donors (Lipinski definition) is 1. The quantitative estimate of drug-likeness (QED) is 0.172. The zero-order chi connectivity index (χ0) is 36.8. The fraction of sp³-hybridized carbons (Fsp3) is 0.0600. The van der Waals surface area contributed by atoms with Gasteiger partial charge < -0.3 is 14.9 Å². The van der Waals surface area contributed by atoms with Crippen LogP contribution in [0.1, 0.15) is 35.3 Å². The average molecular weight is 699 g/mol. The van der Waals surface area contributed by atoms with Gasteiger partial charge in [0.1, 0.15) is 0 Å². The summed E-state index contributed by atoms with van der Waals surface area (Å²) in [6.45, 7) is 4.68. The number of aromatic carboxylic acids is 1. The summed E-state index contributed by atoms with van der Waals surface area (Å²) in [4.78, 5) is 16.1. The Kier molecular flexibility index (Phi) is 8.09. The molecule has 0 atom stereocenters. The molecule has 0 aliphatic heterocycles. The van der Waals surface area contributed by atoms with Crippen LogP contribution >= 0.6 is 0 Å². The second-order valence-electron chi connectivity index (χ2n) is 14.4. The third-order valence-corrected chi connectivity index (χ3v) is 10.8. The highest BCUT2D eigenvalue weighted by molar-refractivity contribution is 5.99. The van der Waals surface area contributed by atoms with Gasteiger partial charge in [0, 0.05) is 39.2 Å². The molecule has 0 radical (unpaired) electrons. The van der Waals surface area contributed by atoms with E-state index in [1.807, 2.05) is 12.1 Å². The van der Waals surface area contributed by atoms with Gasteiger partial charge in [-0.05, 0) is 118 Å². The molecule has 0 unspecified atom stereocenters. The lowest BCUT2D eigenvalue weighted by Crippen LogP contribution is -2.17. The normalized spacial score (nSPS) is 12.6. The summed E-state index contributed by atoms with van der Waals surface area (Å²) >= 11 is 0. The number of benzene rings is 8. The second kappa shape index (κ2) is 13.3. The first kappa shape index (κ1) is 33.0. The van der Waals surface area contributed by atoms with E-state index in [1.54, 1.807) is 12.1 Å². The molecular formula is C50H38N2O2. The van der Waals surface area contributed by atoms with E-state index in [1.165, 1.54) is 33.0 Å². The molecule has 0 bridgehead atoms. The Morgan fingerprint density at radius 1 is 0.463 bits per heavy atom. The molecule has 4 heteroatoms. The van der Waals surface area contributed by atoms with Gasteiger partial charge in [-0.15, -0.1) is 0 Å². The minimum absolute atomic E-state index is 0.258. The van der Waals surface area contributed by atoms with Gasteiger partial charge in [-0.25, -0.2) is 4.79 Å². The Morgan fingerprint density at radius 2 is 0.926 bits per heavy atom. The first-order valence-electron chi connectivity index (χ1n) is 18.3. The van der Waals surface area contributed by atoms with Gasteiger partial charge in [-0.3, -0.25) is 0 Å². The zero-order valence-corrected chi connectivity index (χ0v) is 30.1. The van der Waals surface area contributed by atoms with Gasteiger partial charge in [-0.2, -0.15) is 0 Å². The van der Waals surface area contributed by atoms with Gasteiger partial charge in [0.15, 0.2) is 0 Å². The predicted molar refractivity (Wildman–Crippen MR) is 223 cm³/mol. The molecule has 9 rings (SSSR count). The van der Waals surface area contributed by atoms with E-state index >= 15 is 0 Å². The highest BCUT2D eigenvalue weighted by Crippen LogP contribution is 2.52. The van der Waals surface area contributed by atoms with Crippen LogP contribution in [0.3, 0.4) is 0 Å².